The molecule has 2 rings (SSSR count). The molecule has 0 aromatic carbocycles. The van der Waals surface area contributed by atoms with Gasteiger partial charge >= 0.3 is 6.18 Å². The Hall–Kier alpha value is -0.820. The molecule has 4 nitrogen and oxygen atoms in total. The van der Waals surface area contributed by atoms with E-state index in [1.807, 2.05) is 0 Å². The van der Waals surface area contributed by atoms with E-state index in [-0.39, 0.29) is 11.8 Å². The SMILES string of the molecule is O=C(C1CNC1)N1CCCN(CC(F)(F)F)CC1. The molecule has 1 N–H and O–H groups in total. The minimum absolute atomic E-state index is 0.0270. The number of amides is 1. The van der Waals surface area contributed by atoms with Crippen molar-refractivity contribution in [2.75, 3.05) is 45.8 Å². The van der Waals surface area contributed by atoms with Gasteiger partial charge in [-0.05, 0) is 6.42 Å². The van der Waals surface area contributed by atoms with Gasteiger partial charge in [-0.15, -0.1) is 0 Å². The van der Waals surface area contributed by atoms with Crippen LogP contribution in [0.1, 0.15) is 6.42 Å². The van der Waals surface area contributed by atoms with Crippen LogP contribution in [-0.4, -0.2) is 67.7 Å². The monoisotopic (exact) mass is 265 g/mol. The van der Waals surface area contributed by atoms with E-state index >= 15 is 0 Å². The molecule has 0 aromatic heterocycles. The van der Waals surface area contributed by atoms with E-state index in [2.05, 4.69) is 5.32 Å². The van der Waals surface area contributed by atoms with Crippen LogP contribution in [0.4, 0.5) is 13.2 Å². The van der Waals surface area contributed by atoms with Crippen LogP contribution in [0.5, 0.6) is 0 Å². The molecule has 2 aliphatic rings. The number of hydrogen-bond donors (Lipinski definition) is 1. The van der Waals surface area contributed by atoms with Crippen LogP contribution < -0.4 is 5.32 Å². The molecule has 2 heterocycles. The van der Waals surface area contributed by atoms with Crippen molar-refractivity contribution >= 4 is 5.91 Å². The van der Waals surface area contributed by atoms with Crippen molar-refractivity contribution < 1.29 is 18.0 Å². The quantitative estimate of drug-likeness (QED) is 0.780. The van der Waals surface area contributed by atoms with Gasteiger partial charge in [0.15, 0.2) is 0 Å². The van der Waals surface area contributed by atoms with Gasteiger partial charge in [-0.25, -0.2) is 0 Å². The molecule has 0 unspecified atom stereocenters. The molecule has 2 saturated heterocycles. The van der Waals surface area contributed by atoms with Crippen LogP contribution in [0.15, 0.2) is 0 Å². The van der Waals surface area contributed by atoms with Gasteiger partial charge < -0.3 is 10.2 Å². The molecular weight excluding hydrogens is 247 g/mol. The van der Waals surface area contributed by atoms with Gasteiger partial charge in [0.05, 0.1) is 12.5 Å². The van der Waals surface area contributed by atoms with Crippen molar-refractivity contribution in [3.8, 4) is 0 Å². The number of rotatable bonds is 2. The largest absolute Gasteiger partial charge is 0.401 e. The fourth-order valence-electron chi connectivity index (χ4n) is 2.32. The third-order valence-electron chi connectivity index (χ3n) is 3.43. The second kappa shape index (κ2) is 5.44. The predicted octanol–water partition coefficient (Wildman–Crippen LogP) is 0.302. The predicted molar refractivity (Wildman–Crippen MR) is 60.1 cm³/mol. The van der Waals surface area contributed by atoms with Crippen LogP contribution in [0.3, 0.4) is 0 Å². The number of carbonyl (C=O) groups is 1. The molecule has 2 fully saturated rings. The van der Waals surface area contributed by atoms with Crippen molar-refractivity contribution in [3.63, 3.8) is 0 Å². The first-order valence-electron chi connectivity index (χ1n) is 6.24. The molecule has 18 heavy (non-hydrogen) atoms. The first kappa shape index (κ1) is 13.6. The van der Waals surface area contributed by atoms with Crippen molar-refractivity contribution in [1.29, 1.82) is 0 Å². The Labute approximate surface area is 104 Å². The van der Waals surface area contributed by atoms with Gasteiger partial charge in [0, 0.05) is 39.3 Å². The summed E-state index contributed by atoms with van der Waals surface area (Å²) < 4.78 is 36.9. The number of nitrogens with zero attached hydrogens (tertiary/aromatic N) is 2. The Morgan fingerprint density at radius 1 is 1.17 bits per heavy atom. The highest BCUT2D eigenvalue weighted by Crippen LogP contribution is 2.18. The van der Waals surface area contributed by atoms with Gasteiger partial charge in [0.2, 0.25) is 5.91 Å². The average molecular weight is 265 g/mol. The lowest BCUT2D eigenvalue weighted by atomic mass is 10.0. The highest BCUT2D eigenvalue weighted by molar-refractivity contribution is 5.80. The molecule has 2 aliphatic heterocycles. The Bertz CT molecular complexity index is 304. The summed E-state index contributed by atoms with van der Waals surface area (Å²) in [6, 6.07) is 0. The Balaban J connectivity index is 1.82. The molecule has 0 radical (unpaired) electrons. The number of alkyl halides is 3. The van der Waals surface area contributed by atoms with Gasteiger partial charge in [-0.2, -0.15) is 13.2 Å². The van der Waals surface area contributed by atoms with E-state index in [0.717, 1.165) is 0 Å². The lowest BCUT2D eigenvalue weighted by molar-refractivity contribution is -0.145. The van der Waals surface area contributed by atoms with Gasteiger partial charge in [0.25, 0.3) is 0 Å². The second-order valence-electron chi connectivity index (χ2n) is 4.93. The number of carbonyl (C=O) groups excluding carboxylic acids is 1. The third-order valence-corrected chi connectivity index (χ3v) is 3.43. The van der Waals surface area contributed by atoms with Crippen molar-refractivity contribution in [2.24, 2.45) is 5.92 Å². The average Bonchev–Trinajstić information content (AvgIpc) is 2.38. The maximum Gasteiger partial charge on any atom is 0.401 e. The topological polar surface area (TPSA) is 35.6 Å². The van der Waals surface area contributed by atoms with E-state index in [1.54, 1.807) is 4.90 Å². The molecule has 104 valence electrons. The van der Waals surface area contributed by atoms with E-state index in [1.165, 1.54) is 4.90 Å². The molecule has 1 amide bonds. The Morgan fingerprint density at radius 2 is 1.89 bits per heavy atom. The van der Waals surface area contributed by atoms with Gasteiger partial charge in [-0.3, -0.25) is 9.69 Å². The van der Waals surface area contributed by atoms with Crippen molar-refractivity contribution in [1.82, 2.24) is 15.1 Å². The molecule has 0 aromatic rings. The molecule has 0 bridgehead atoms. The highest BCUT2D eigenvalue weighted by Gasteiger charge is 2.33. The number of halogens is 3. The Morgan fingerprint density at radius 3 is 2.44 bits per heavy atom. The van der Waals surface area contributed by atoms with Gasteiger partial charge in [0.1, 0.15) is 0 Å². The zero-order valence-corrected chi connectivity index (χ0v) is 10.2. The molecular formula is C11H18F3N3O. The summed E-state index contributed by atoms with van der Waals surface area (Å²) in [5.74, 6) is 0.113. The molecule has 0 spiro atoms. The number of nitrogens with one attached hydrogen (secondary N) is 1. The van der Waals surface area contributed by atoms with Crippen LogP contribution in [0, 0.1) is 5.92 Å². The summed E-state index contributed by atoms with van der Waals surface area (Å²) in [7, 11) is 0. The summed E-state index contributed by atoms with van der Waals surface area (Å²) in [5, 5.41) is 3.03. The summed E-state index contributed by atoms with van der Waals surface area (Å²) >= 11 is 0. The first-order chi connectivity index (χ1) is 8.46. The fraction of sp³-hybridized carbons (Fsp3) is 0.909. The molecule has 0 aliphatic carbocycles. The normalized spacial score (nSPS) is 23.6. The van der Waals surface area contributed by atoms with Crippen LogP contribution in [0.2, 0.25) is 0 Å². The summed E-state index contributed by atoms with van der Waals surface area (Å²) in [4.78, 5) is 15.1. The summed E-state index contributed by atoms with van der Waals surface area (Å²) in [6.45, 7) is 2.22. The maximum absolute atomic E-state index is 12.3. The first-order valence-corrected chi connectivity index (χ1v) is 6.24. The highest BCUT2D eigenvalue weighted by atomic mass is 19.4. The fourth-order valence-corrected chi connectivity index (χ4v) is 2.32. The second-order valence-corrected chi connectivity index (χ2v) is 4.93. The maximum atomic E-state index is 12.3. The minimum Gasteiger partial charge on any atom is -0.341 e. The van der Waals surface area contributed by atoms with E-state index in [4.69, 9.17) is 0 Å². The van der Waals surface area contributed by atoms with Crippen LogP contribution >= 0.6 is 0 Å². The van der Waals surface area contributed by atoms with Crippen LogP contribution in [-0.2, 0) is 4.79 Å². The lowest BCUT2D eigenvalue weighted by Gasteiger charge is -2.31. The minimum atomic E-state index is -4.16. The van der Waals surface area contributed by atoms with Gasteiger partial charge in [-0.1, -0.05) is 0 Å². The third kappa shape index (κ3) is 3.58. The lowest BCUT2D eigenvalue weighted by Crippen LogP contribution is -2.52. The van der Waals surface area contributed by atoms with Crippen molar-refractivity contribution in [3.05, 3.63) is 0 Å². The molecule has 7 heteroatoms. The van der Waals surface area contributed by atoms with E-state index in [0.29, 0.717) is 45.7 Å². The molecule has 0 atom stereocenters. The zero-order chi connectivity index (χ0) is 13.2. The Kier molecular flexibility index (Phi) is 4.11. The van der Waals surface area contributed by atoms with E-state index < -0.39 is 12.7 Å². The van der Waals surface area contributed by atoms with Crippen LogP contribution in [0.25, 0.3) is 0 Å². The number of hydrogen-bond acceptors (Lipinski definition) is 3. The smallest absolute Gasteiger partial charge is 0.341 e. The summed E-state index contributed by atoms with van der Waals surface area (Å²) in [6.07, 6.45) is -3.54. The van der Waals surface area contributed by atoms with E-state index in [9.17, 15) is 18.0 Å². The molecule has 0 saturated carbocycles. The summed E-state index contributed by atoms with van der Waals surface area (Å²) in [5.41, 5.74) is 0. The van der Waals surface area contributed by atoms with Crippen molar-refractivity contribution in [2.45, 2.75) is 12.6 Å². The zero-order valence-electron chi connectivity index (χ0n) is 10.2. The standard InChI is InChI=1S/C11H18F3N3O/c12-11(13,14)8-16-2-1-3-17(5-4-16)10(18)9-6-15-7-9/h9,15H,1-8H2.